The van der Waals surface area contributed by atoms with Gasteiger partial charge in [0, 0.05) is 0 Å². The van der Waals surface area contributed by atoms with Crippen LogP contribution in [0, 0.1) is 5.92 Å². The van der Waals surface area contributed by atoms with E-state index in [1.165, 1.54) is 36.5 Å². The van der Waals surface area contributed by atoms with E-state index in [0.29, 0.717) is 5.92 Å². The van der Waals surface area contributed by atoms with Gasteiger partial charge in [0.25, 0.3) is 0 Å². The Bertz CT molecular complexity index is 195. The van der Waals surface area contributed by atoms with E-state index in [4.69, 9.17) is 4.74 Å². The summed E-state index contributed by atoms with van der Waals surface area (Å²) in [5.74, 6) is 1.71. The van der Waals surface area contributed by atoms with Crippen LogP contribution in [0.3, 0.4) is 0 Å². The van der Waals surface area contributed by atoms with Crippen LogP contribution < -0.4 is 0 Å². The molecule has 0 aromatic heterocycles. The molecule has 0 aliphatic carbocycles. The predicted octanol–water partition coefficient (Wildman–Crippen LogP) is 5.66. The summed E-state index contributed by atoms with van der Waals surface area (Å²) >= 11 is -1.16. The van der Waals surface area contributed by atoms with Crippen molar-refractivity contribution < 1.29 is 4.74 Å². The van der Waals surface area contributed by atoms with Crippen LogP contribution in [0.5, 0.6) is 0 Å². The van der Waals surface area contributed by atoms with Gasteiger partial charge in [-0.3, -0.25) is 0 Å². The van der Waals surface area contributed by atoms with Gasteiger partial charge in [-0.05, 0) is 0 Å². The fourth-order valence-corrected chi connectivity index (χ4v) is 12.5. The summed E-state index contributed by atoms with van der Waals surface area (Å²) in [6.07, 6.45) is 6.84. The van der Waals surface area contributed by atoms with Gasteiger partial charge in [0.1, 0.15) is 0 Å². The summed E-state index contributed by atoms with van der Waals surface area (Å²) in [6, 6.07) is 0. The molecule has 0 amide bonds. The van der Waals surface area contributed by atoms with Crippen molar-refractivity contribution in [1.82, 2.24) is 0 Å². The maximum absolute atomic E-state index is 5.64. The van der Waals surface area contributed by atoms with Gasteiger partial charge >= 0.3 is 122 Å². The van der Waals surface area contributed by atoms with Crippen LogP contribution in [0.4, 0.5) is 0 Å². The van der Waals surface area contributed by atoms with Gasteiger partial charge in [0.2, 0.25) is 0 Å². The molecule has 0 saturated carbocycles. The van der Waals surface area contributed by atoms with Crippen LogP contribution in [0.1, 0.15) is 59.8 Å². The number of ether oxygens (including phenoxy) is 1. The fraction of sp³-hybridized carbons (Fsp3) is 0.875. The molecule has 1 radical (unpaired) electrons. The second kappa shape index (κ2) is 12.4. The molecule has 18 heavy (non-hydrogen) atoms. The monoisotopic (exact) mass is 361 g/mol. The van der Waals surface area contributed by atoms with Crippen LogP contribution >= 0.6 is 0 Å². The number of hydrogen-bond donors (Lipinski definition) is 0. The molecule has 0 spiro atoms. The summed E-state index contributed by atoms with van der Waals surface area (Å²) < 4.78 is 10.3. The van der Waals surface area contributed by atoms with E-state index < -0.39 is 19.8 Å². The molecule has 0 aliphatic heterocycles. The molecule has 0 aromatic carbocycles. The molecule has 0 rings (SSSR count). The van der Waals surface area contributed by atoms with Gasteiger partial charge < -0.3 is 0 Å². The first-order chi connectivity index (χ1) is 8.69. The Kier molecular flexibility index (Phi) is 12.6. The van der Waals surface area contributed by atoms with E-state index in [-0.39, 0.29) is 0 Å². The summed E-state index contributed by atoms with van der Waals surface area (Å²) in [5, 5.41) is 0. The molecule has 0 fully saturated rings. The number of unbranched alkanes of at least 4 members (excludes halogenated alkanes) is 2. The molecule has 1 atom stereocenters. The first kappa shape index (κ1) is 18.3. The standard InChI is InChI=1S/C8H15O.2C4H9.Sn/c1-5-7(3)8(4)9-6-2;2*1-3-4-2;/h7H,3-6H2,1-2H3;2*1,3-4H2,2H3;. The van der Waals surface area contributed by atoms with Crippen molar-refractivity contribution in [3.63, 3.8) is 0 Å². The Morgan fingerprint density at radius 3 is 2.00 bits per heavy atom. The van der Waals surface area contributed by atoms with Crippen molar-refractivity contribution in [2.45, 2.75) is 73.1 Å². The molecule has 0 bridgehead atoms. The Balaban J connectivity index is 4.25. The molecule has 0 heterocycles. The van der Waals surface area contributed by atoms with Gasteiger partial charge in [-0.1, -0.05) is 0 Å². The molecule has 0 aliphatic rings. The van der Waals surface area contributed by atoms with Gasteiger partial charge in [0.05, 0.1) is 0 Å². The second-order valence-electron chi connectivity index (χ2n) is 5.17. The van der Waals surface area contributed by atoms with Gasteiger partial charge in [-0.25, -0.2) is 0 Å². The van der Waals surface area contributed by atoms with Crippen LogP contribution in [0.2, 0.25) is 13.3 Å². The topological polar surface area (TPSA) is 9.23 Å². The van der Waals surface area contributed by atoms with Crippen LogP contribution in [-0.2, 0) is 4.74 Å². The maximum atomic E-state index is 5.64. The quantitative estimate of drug-likeness (QED) is 0.322. The molecule has 1 nitrogen and oxygen atoms in total. The molecule has 1 unspecified atom stereocenters. The van der Waals surface area contributed by atoms with Crippen molar-refractivity contribution in [3.05, 3.63) is 12.3 Å². The minimum absolute atomic E-state index is 0.646. The molecule has 0 aromatic rings. The summed E-state index contributed by atoms with van der Waals surface area (Å²) in [4.78, 5) is 0. The van der Waals surface area contributed by atoms with Crippen molar-refractivity contribution in [2.75, 3.05) is 6.61 Å². The second-order valence-corrected chi connectivity index (χ2v) is 13.5. The van der Waals surface area contributed by atoms with Gasteiger partial charge in [-0.15, -0.1) is 0 Å². The third kappa shape index (κ3) is 8.44. The fourth-order valence-electron chi connectivity index (χ4n) is 2.32. The van der Waals surface area contributed by atoms with E-state index in [2.05, 4.69) is 34.3 Å². The average molecular weight is 360 g/mol. The Labute approximate surface area is 122 Å². The predicted molar refractivity (Wildman–Crippen MR) is 84.5 cm³/mol. The van der Waals surface area contributed by atoms with Crippen LogP contribution in [0.25, 0.3) is 0 Å². The minimum atomic E-state index is -1.16. The van der Waals surface area contributed by atoms with Crippen molar-refractivity contribution in [3.8, 4) is 0 Å². The Morgan fingerprint density at radius 1 is 1.06 bits per heavy atom. The molecule has 0 N–H and O–H groups in total. The summed E-state index contributed by atoms with van der Waals surface area (Å²) in [5.41, 5.74) is 0. The zero-order chi connectivity index (χ0) is 13.8. The number of rotatable bonds is 12. The molecular formula is C16H33OSn. The Morgan fingerprint density at radius 2 is 1.61 bits per heavy atom. The van der Waals surface area contributed by atoms with E-state index in [1.54, 1.807) is 8.87 Å². The van der Waals surface area contributed by atoms with E-state index in [1.807, 2.05) is 0 Å². The summed E-state index contributed by atoms with van der Waals surface area (Å²) in [7, 11) is 0. The number of hydrogen-bond acceptors (Lipinski definition) is 1. The third-order valence-electron chi connectivity index (χ3n) is 3.58. The molecule has 2 heteroatoms. The van der Waals surface area contributed by atoms with E-state index in [9.17, 15) is 0 Å². The van der Waals surface area contributed by atoms with Crippen LogP contribution in [0.15, 0.2) is 12.3 Å². The van der Waals surface area contributed by atoms with Gasteiger partial charge in [0.15, 0.2) is 0 Å². The summed E-state index contributed by atoms with van der Waals surface area (Å²) in [6.45, 7) is 13.9. The molecule has 0 saturated heterocycles. The van der Waals surface area contributed by atoms with Gasteiger partial charge in [-0.2, -0.15) is 0 Å². The zero-order valence-corrected chi connectivity index (χ0v) is 15.9. The third-order valence-corrected chi connectivity index (χ3v) is 12.7. The van der Waals surface area contributed by atoms with E-state index in [0.717, 1.165) is 12.4 Å². The molecule has 107 valence electrons. The Hall–Kier alpha value is 0.339. The first-order valence-electron chi connectivity index (χ1n) is 7.84. The molecular weight excluding hydrogens is 327 g/mol. The van der Waals surface area contributed by atoms with Crippen molar-refractivity contribution >= 4 is 19.8 Å². The average Bonchev–Trinajstić information content (AvgIpc) is 2.38. The number of allylic oxidation sites excluding steroid dienone is 1. The van der Waals surface area contributed by atoms with Crippen molar-refractivity contribution in [1.29, 1.82) is 0 Å². The SMILES string of the molecule is C=C(OCC)C(CC)[CH2][Sn]([CH2]CCC)[CH2]CCC. The first-order valence-corrected chi connectivity index (χ1v) is 13.9. The zero-order valence-electron chi connectivity index (χ0n) is 13.1. The van der Waals surface area contributed by atoms with Crippen molar-refractivity contribution in [2.24, 2.45) is 5.92 Å². The van der Waals surface area contributed by atoms with Crippen LogP contribution in [-0.4, -0.2) is 26.4 Å². The normalized spacial score (nSPS) is 12.7. The van der Waals surface area contributed by atoms with E-state index >= 15 is 0 Å².